The Morgan fingerprint density at radius 1 is 1.00 bits per heavy atom. The lowest BCUT2D eigenvalue weighted by molar-refractivity contribution is -0.144. The fourth-order valence-corrected chi connectivity index (χ4v) is 5.08. The molecule has 4 fully saturated rings. The summed E-state index contributed by atoms with van der Waals surface area (Å²) in [5.74, 6) is 1.09. The lowest BCUT2D eigenvalue weighted by Gasteiger charge is -2.56. The SMILES string of the molecule is COC(CNC(=O)C(=O)NC12CC3CC(CC(C3)C1)C2)OC. The van der Waals surface area contributed by atoms with Crippen LogP contribution in [0.25, 0.3) is 0 Å². The second-order valence-corrected chi connectivity index (χ2v) is 7.26. The van der Waals surface area contributed by atoms with E-state index in [0.29, 0.717) is 0 Å². The minimum absolute atomic E-state index is 0.134. The first-order valence-corrected chi connectivity index (χ1v) is 8.19. The van der Waals surface area contributed by atoms with Crippen molar-refractivity contribution in [1.82, 2.24) is 10.6 Å². The minimum Gasteiger partial charge on any atom is -0.354 e. The van der Waals surface area contributed by atoms with Crippen LogP contribution < -0.4 is 10.6 Å². The van der Waals surface area contributed by atoms with Crippen LogP contribution in [0.2, 0.25) is 0 Å². The maximum absolute atomic E-state index is 12.2. The topological polar surface area (TPSA) is 76.7 Å². The van der Waals surface area contributed by atoms with E-state index in [0.717, 1.165) is 37.0 Å². The van der Waals surface area contributed by atoms with E-state index in [4.69, 9.17) is 9.47 Å². The molecule has 0 saturated heterocycles. The van der Waals surface area contributed by atoms with Crippen molar-refractivity contribution in [2.24, 2.45) is 17.8 Å². The van der Waals surface area contributed by atoms with Gasteiger partial charge >= 0.3 is 11.8 Å². The second-order valence-electron chi connectivity index (χ2n) is 7.26. The van der Waals surface area contributed by atoms with Gasteiger partial charge in [-0.05, 0) is 56.3 Å². The Balaban J connectivity index is 1.54. The van der Waals surface area contributed by atoms with Crippen LogP contribution in [0.1, 0.15) is 38.5 Å². The van der Waals surface area contributed by atoms with Crippen LogP contribution in [0, 0.1) is 17.8 Å². The van der Waals surface area contributed by atoms with Crippen molar-refractivity contribution >= 4 is 11.8 Å². The van der Waals surface area contributed by atoms with Gasteiger partial charge in [-0.1, -0.05) is 0 Å². The molecule has 0 aliphatic heterocycles. The van der Waals surface area contributed by atoms with Crippen molar-refractivity contribution in [3.8, 4) is 0 Å². The largest absolute Gasteiger partial charge is 0.354 e. The standard InChI is InChI=1S/C16H26N2O4/c1-21-13(22-2)9-17-14(19)15(20)18-16-6-10-3-11(7-16)5-12(4-10)8-16/h10-13H,3-9H2,1-2H3,(H,17,19)(H,18,20). The molecule has 22 heavy (non-hydrogen) atoms. The van der Waals surface area contributed by atoms with E-state index in [1.54, 1.807) is 0 Å². The lowest BCUT2D eigenvalue weighted by atomic mass is 9.53. The van der Waals surface area contributed by atoms with Crippen molar-refractivity contribution in [3.63, 3.8) is 0 Å². The fourth-order valence-electron chi connectivity index (χ4n) is 5.08. The van der Waals surface area contributed by atoms with Crippen molar-refractivity contribution in [2.45, 2.75) is 50.4 Å². The minimum atomic E-state index is -0.602. The summed E-state index contributed by atoms with van der Waals surface area (Å²) in [5, 5.41) is 5.62. The predicted molar refractivity (Wildman–Crippen MR) is 79.9 cm³/mol. The summed E-state index contributed by atoms with van der Waals surface area (Å²) in [5.41, 5.74) is -0.134. The molecular weight excluding hydrogens is 284 g/mol. The molecule has 0 aromatic rings. The van der Waals surface area contributed by atoms with E-state index in [9.17, 15) is 9.59 Å². The molecule has 0 heterocycles. The van der Waals surface area contributed by atoms with Crippen LogP contribution in [0.15, 0.2) is 0 Å². The van der Waals surface area contributed by atoms with Gasteiger partial charge < -0.3 is 20.1 Å². The molecule has 0 aromatic heterocycles. The molecule has 4 rings (SSSR count). The number of rotatable bonds is 5. The van der Waals surface area contributed by atoms with Crippen molar-refractivity contribution in [1.29, 1.82) is 0 Å². The average molecular weight is 310 g/mol. The van der Waals surface area contributed by atoms with Crippen molar-refractivity contribution in [3.05, 3.63) is 0 Å². The molecule has 2 N–H and O–H groups in total. The van der Waals surface area contributed by atoms with Crippen LogP contribution in [-0.2, 0) is 19.1 Å². The van der Waals surface area contributed by atoms with Gasteiger partial charge in [-0.15, -0.1) is 0 Å². The fraction of sp³-hybridized carbons (Fsp3) is 0.875. The van der Waals surface area contributed by atoms with Gasteiger partial charge in [0.05, 0.1) is 6.54 Å². The Bertz CT molecular complexity index is 412. The molecule has 0 atom stereocenters. The van der Waals surface area contributed by atoms with Crippen LogP contribution in [-0.4, -0.2) is 44.4 Å². The Morgan fingerprint density at radius 2 is 1.50 bits per heavy atom. The summed E-state index contributed by atoms with van der Waals surface area (Å²) < 4.78 is 9.99. The first-order valence-electron chi connectivity index (χ1n) is 8.19. The third-order valence-corrected chi connectivity index (χ3v) is 5.58. The van der Waals surface area contributed by atoms with Gasteiger partial charge in [0.1, 0.15) is 0 Å². The van der Waals surface area contributed by atoms with E-state index in [2.05, 4.69) is 10.6 Å². The van der Waals surface area contributed by atoms with Gasteiger partial charge in [-0.25, -0.2) is 0 Å². The van der Waals surface area contributed by atoms with Gasteiger partial charge in [0.15, 0.2) is 6.29 Å². The summed E-state index contributed by atoms with van der Waals surface area (Å²) in [6.07, 6.45) is 6.51. The monoisotopic (exact) mass is 310 g/mol. The Kier molecular flexibility index (Phi) is 4.41. The number of hydrogen-bond donors (Lipinski definition) is 2. The van der Waals surface area contributed by atoms with E-state index in [1.165, 1.54) is 33.5 Å². The third-order valence-electron chi connectivity index (χ3n) is 5.58. The molecule has 4 saturated carbocycles. The Labute approximate surface area is 131 Å². The quantitative estimate of drug-likeness (QED) is 0.582. The maximum atomic E-state index is 12.2. The first kappa shape index (κ1) is 15.7. The average Bonchev–Trinajstić information content (AvgIpc) is 2.46. The molecule has 0 aromatic carbocycles. The van der Waals surface area contributed by atoms with Gasteiger partial charge in [0.2, 0.25) is 0 Å². The highest BCUT2D eigenvalue weighted by Gasteiger charge is 2.51. The van der Waals surface area contributed by atoms with Gasteiger partial charge in [-0.3, -0.25) is 9.59 Å². The molecule has 0 spiro atoms. The van der Waals surface area contributed by atoms with Crippen LogP contribution in [0.4, 0.5) is 0 Å². The van der Waals surface area contributed by atoms with E-state index in [1.807, 2.05) is 0 Å². The molecule has 4 bridgehead atoms. The molecule has 4 aliphatic carbocycles. The molecule has 6 heteroatoms. The third kappa shape index (κ3) is 3.13. The molecular formula is C16H26N2O4. The molecule has 4 aliphatic rings. The smallest absolute Gasteiger partial charge is 0.309 e. The molecule has 0 radical (unpaired) electrons. The van der Waals surface area contributed by atoms with Crippen LogP contribution in [0.5, 0.6) is 0 Å². The highest BCUT2D eigenvalue weighted by Crippen LogP contribution is 2.55. The number of nitrogens with one attached hydrogen (secondary N) is 2. The van der Waals surface area contributed by atoms with Gasteiger partial charge in [0, 0.05) is 19.8 Å². The van der Waals surface area contributed by atoms with Crippen molar-refractivity contribution < 1.29 is 19.1 Å². The number of carbonyl (C=O) groups excluding carboxylic acids is 2. The van der Waals surface area contributed by atoms with Crippen LogP contribution in [0.3, 0.4) is 0 Å². The van der Waals surface area contributed by atoms with E-state index in [-0.39, 0.29) is 12.1 Å². The highest BCUT2D eigenvalue weighted by molar-refractivity contribution is 6.35. The summed E-state index contributed by atoms with van der Waals surface area (Å²) in [6, 6.07) is 0. The molecule has 2 amide bonds. The van der Waals surface area contributed by atoms with Crippen LogP contribution >= 0.6 is 0 Å². The zero-order valence-electron chi connectivity index (χ0n) is 13.4. The summed E-state index contributed by atoms with van der Waals surface area (Å²) in [6.45, 7) is 0.167. The van der Waals surface area contributed by atoms with E-state index >= 15 is 0 Å². The Morgan fingerprint density at radius 3 is 1.95 bits per heavy atom. The normalized spacial score (nSPS) is 35.7. The Hall–Kier alpha value is -1.14. The zero-order chi connectivity index (χ0) is 15.7. The van der Waals surface area contributed by atoms with E-state index < -0.39 is 18.1 Å². The van der Waals surface area contributed by atoms with Gasteiger partial charge in [-0.2, -0.15) is 0 Å². The number of hydrogen-bond acceptors (Lipinski definition) is 4. The predicted octanol–water partition coefficient (Wildman–Crippen LogP) is 0.806. The second kappa shape index (κ2) is 6.16. The summed E-state index contributed by atoms with van der Waals surface area (Å²) in [4.78, 5) is 24.2. The molecule has 0 unspecified atom stereocenters. The number of ether oxygens (including phenoxy) is 2. The molecule has 124 valence electrons. The first-order chi connectivity index (χ1) is 10.5. The lowest BCUT2D eigenvalue weighted by Crippen LogP contribution is -2.61. The number of methoxy groups -OCH3 is 2. The summed E-state index contributed by atoms with van der Waals surface area (Å²) in [7, 11) is 2.99. The van der Waals surface area contributed by atoms with Crippen molar-refractivity contribution in [2.75, 3.05) is 20.8 Å². The number of amides is 2. The summed E-state index contributed by atoms with van der Waals surface area (Å²) >= 11 is 0. The highest BCUT2D eigenvalue weighted by atomic mass is 16.7. The maximum Gasteiger partial charge on any atom is 0.309 e. The molecule has 6 nitrogen and oxygen atoms in total. The number of carbonyl (C=O) groups is 2. The van der Waals surface area contributed by atoms with Gasteiger partial charge in [0.25, 0.3) is 0 Å². The zero-order valence-corrected chi connectivity index (χ0v) is 13.4.